The first-order valence-electron chi connectivity index (χ1n) is 8.75. The van der Waals surface area contributed by atoms with Crippen LogP contribution in [-0.4, -0.2) is 21.9 Å². The van der Waals surface area contributed by atoms with Gasteiger partial charge in [0.2, 0.25) is 0 Å². The van der Waals surface area contributed by atoms with Crippen LogP contribution in [0.1, 0.15) is 81.1 Å². The molecule has 2 unspecified atom stereocenters. The Morgan fingerprint density at radius 3 is 1.83 bits per heavy atom. The molecule has 0 radical (unpaired) electrons. The lowest BCUT2D eigenvalue weighted by Gasteiger charge is -2.42. The van der Waals surface area contributed by atoms with E-state index in [1.165, 1.54) is 0 Å². The van der Waals surface area contributed by atoms with Gasteiger partial charge in [0.25, 0.3) is 5.79 Å². The molecule has 23 heavy (non-hydrogen) atoms. The van der Waals surface area contributed by atoms with E-state index in [1.54, 1.807) is 0 Å². The topological polar surface area (TPSA) is 36.9 Å². The molecule has 1 rings (SSSR count). The van der Waals surface area contributed by atoms with Crippen molar-refractivity contribution in [2.24, 2.45) is 11.8 Å². The first-order chi connectivity index (χ1) is 10.5. The van der Waals surface area contributed by atoms with Crippen molar-refractivity contribution < 1.29 is 19.6 Å². The molecule has 0 aromatic rings. The number of thiocarbonyl (C=S) groups is 1. The molecule has 2 atom stereocenters. The molecule has 4 nitrogen and oxygen atoms in total. The van der Waals surface area contributed by atoms with Gasteiger partial charge in [0, 0.05) is 6.42 Å². The Kier molecular flexibility index (Phi) is 7.18. The fourth-order valence-corrected chi connectivity index (χ4v) is 2.62. The number of hydrogen-bond acceptors (Lipinski definition) is 5. The van der Waals surface area contributed by atoms with Crippen molar-refractivity contribution in [2.75, 3.05) is 0 Å². The summed E-state index contributed by atoms with van der Waals surface area (Å²) in [6, 6.07) is 0. The van der Waals surface area contributed by atoms with Crippen molar-refractivity contribution in [3.8, 4) is 0 Å². The Hall–Kier alpha value is -0.0700. The first kappa shape index (κ1) is 21.0. The summed E-state index contributed by atoms with van der Waals surface area (Å²) in [5.74, 6) is -0.487. The van der Waals surface area contributed by atoms with Gasteiger partial charge < -0.3 is 0 Å². The minimum atomic E-state index is -1.12. The van der Waals surface area contributed by atoms with Crippen LogP contribution in [0, 0.1) is 11.8 Å². The molecule has 0 heterocycles. The first-order valence-corrected chi connectivity index (χ1v) is 9.16. The zero-order valence-electron chi connectivity index (χ0n) is 16.0. The van der Waals surface area contributed by atoms with Crippen molar-refractivity contribution in [1.82, 2.24) is 0 Å². The lowest BCUT2D eigenvalue weighted by molar-refractivity contribution is -0.526. The van der Waals surface area contributed by atoms with Crippen LogP contribution >= 0.6 is 12.2 Å². The summed E-state index contributed by atoms with van der Waals surface area (Å²) in [6.45, 7) is 16.3. The van der Waals surface area contributed by atoms with Gasteiger partial charge in [-0.25, -0.2) is 9.78 Å². The van der Waals surface area contributed by atoms with E-state index in [2.05, 4.69) is 27.7 Å². The molecular weight excluding hydrogens is 312 g/mol. The maximum atomic E-state index is 5.83. The number of rotatable bonds is 8. The molecule has 0 N–H and O–H groups in total. The molecule has 0 aromatic heterocycles. The van der Waals surface area contributed by atoms with Gasteiger partial charge in [-0.15, -0.1) is 0 Å². The molecule has 0 aromatic carbocycles. The standard InChI is InChI=1S/C18H34O4S/c1-9-16(5,6)19-21-18(22-20-17(7,8)10-2)12-13(3)11-14(4)15(18)23/h13-14H,9-12H2,1-8H3. The quantitative estimate of drug-likeness (QED) is 0.255. The van der Waals surface area contributed by atoms with E-state index in [-0.39, 0.29) is 5.92 Å². The smallest absolute Gasteiger partial charge is 0.227 e. The molecule has 1 aliphatic carbocycles. The van der Waals surface area contributed by atoms with E-state index in [0.29, 0.717) is 12.3 Å². The molecule has 5 heteroatoms. The molecule has 1 aliphatic rings. The number of hydrogen-bond donors (Lipinski definition) is 0. The van der Waals surface area contributed by atoms with Crippen LogP contribution in [0.25, 0.3) is 0 Å². The maximum absolute atomic E-state index is 5.83. The maximum Gasteiger partial charge on any atom is 0.265 e. The molecule has 0 amide bonds. The predicted molar refractivity (Wildman–Crippen MR) is 96.0 cm³/mol. The van der Waals surface area contributed by atoms with Gasteiger partial charge in [0.1, 0.15) is 0 Å². The average Bonchev–Trinajstić information content (AvgIpc) is 2.48. The molecule has 0 aliphatic heterocycles. The fraction of sp³-hybridized carbons (Fsp3) is 0.944. The van der Waals surface area contributed by atoms with Gasteiger partial charge in [-0.2, -0.15) is 9.78 Å². The second-order valence-corrected chi connectivity index (χ2v) is 8.56. The van der Waals surface area contributed by atoms with E-state index in [1.807, 2.05) is 27.7 Å². The van der Waals surface area contributed by atoms with Crippen LogP contribution in [0.2, 0.25) is 0 Å². The van der Waals surface area contributed by atoms with Gasteiger partial charge in [-0.3, -0.25) is 0 Å². The van der Waals surface area contributed by atoms with Crippen molar-refractivity contribution in [3.63, 3.8) is 0 Å². The van der Waals surface area contributed by atoms with E-state index in [4.69, 9.17) is 31.8 Å². The molecular formula is C18H34O4S. The molecule has 1 fully saturated rings. The average molecular weight is 347 g/mol. The Bertz CT molecular complexity index is 386. The second kappa shape index (κ2) is 7.87. The summed E-state index contributed by atoms with van der Waals surface area (Å²) in [4.78, 5) is 23.8. The zero-order chi connectivity index (χ0) is 17.9. The second-order valence-electron chi connectivity index (χ2n) is 8.12. The van der Waals surface area contributed by atoms with Gasteiger partial charge in [-0.05, 0) is 58.8 Å². The minimum absolute atomic E-state index is 0.218. The summed E-state index contributed by atoms with van der Waals surface area (Å²) < 4.78 is 0. The van der Waals surface area contributed by atoms with E-state index < -0.39 is 17.0 Å². The summed E-state index contributed by atoms with van der Waals surface area (Å²) in [5, 5.41) is 0. The van der Waals surface area contributed by atoms with Crippen LogP contribution in [0.4, 0.5) is 0 Å². The Morgan fingerprint density at radius 2 is 1.43 bits per heavy atom. The highest BCUT2D eigenvalue weighted by Gasteiger charge is 2.49. The third kappa shape index (κ3) is 5.75. The van der Waals surface area contributed by atoms with Gasteiger partial charge in [-0.1, -0.05) is 39.9 Å². The summed E-state index contributed by atoms with van der Waals surface area (Å²) in [6.07, 6.45) is 3.31. The van der Waals surface area contributed by atoms with Crippen LogP contribution in [0.3, 0.4) is 0 Å². The van der Waals surface area contributed by atoms with Crippen LogP contribution in [0.5, 0.6) is 0 Å². The van der Waals surface area contributed by atoms with Gasteiger partial charge >= 0.3 is 0 Å². The third-order valence-electron chi connectivity index (χ3n) is 4.70. The van der Waals surface area contributed by atoms with Crippen molar-refractivity contribution >= 4 is 17.1 Å². The molecule has 0 bridgehead atoms. The Balaban J connectivity index is 2.97. The van der Waals surface area contributed by atoms with E-state index in [9.17, 15) is 0 Å². The minimum Gasteiger partial charge on any atom is -0.227 e. The largest absolute Gasteiger partial charge is 0.265 e. The third-order valence-corrected chi connectivity index (χ3v) is 5.42. The van der Waals surface area contributed by atoms with Crippen molar-refractivity contribution in [1.29, 1.82) is 0 Å². The summed E-state index contributed by atoms with van der Waals surface area (Å²) in [5.41, 5.74) is -0.813. The van der Waals surface area contributed by atoms with E-state index >= 15 is 0 Å². The Morgan fingerprint density at radius 1 is 1.00 bits per heavy atom. The highest BCUT2D eigenvalue weighted by atomic mass is 32.1. The molecule has 1 saturated carbocycles. The molecule has 0 spiro atoms. The monoisotopic (exact) mass is 346 g/mol. The summed E-state index contributed by atoms with van der Waals surface area (Å²) in [7, 11) is 0. The van der Waals surface area contributed by atoms with Crippen molar-refractivity contribution in [2.45, 2.75) is 98.1 Å². The predicted octanol–water partition coefficient (Wildman–Crippen LogP) is 5.39. The van der Waals surface area contributed by atoms with Gasteiger partial charge in [0.15, 0.2) is 0 Å². The lowest BCUT2D eigenvalue weighted by atomic mass is 9.79. The SMILES string of the molecule is CCC(C)(C)OOC1(OOC(C)(C)CC)CC(C)CC(C)C1=S. The van der Waals surface area contributed by atoms with E-state index in [0.717, 1.165) is 24.1 Å². The van der Waals surface area contributed by atoms with Crippen LogP contribution < -0.4 is 0 Å². The summed E-state index contributed by atoms with van der Waals surface area (Å²) >= 11 is 5.65. The van der Waals surface area contributed by atoms with Crippen molar-refractivity contribution in [3.05, 3.63) is 0 Å². The van der Waals surface area contributed by atoms with Crippen LogP contribution in [0.15, 0.2) is 0 Å². The fourth-order valence-electron chi connectivity index (χ4n) is 2.37. The normalized spacial score (nSPS) is 25.7. The molecule has 136 valence electrons. The van der Waals surface area contributed by atoms with Crippen LogP contribution in [-0.2, 0) is 19.6 Å². The zero-order valence-corrected chi connectivity index (χ0v) is 16.8. The highest BCUT2D eigenvalue weighted by Crippen LogP contribution is 2.40. The molecule has 0 saturated heterocycles. The lowest BCUT2D eigenvalue weighted by Crippen LogP contribution is -2.53. The van der Waals surface area contributed by atoms with Gasteiger partial charge in [0.05, 0.1) is 16.1 Å². The Labute approximate surface area is 147 Å². The highest BCUT2D eigenvalue weighted by molar-refractivity contribution is 7.80.